The highest BCUT2D eigenvalue weighted by molar-refractivity contribution is 6.35. The molecule has 4 heterocycles. The zero-order valence-electron chi connectivity index (χ0n) is 27.7. The smallest absolute Gasteiger partial charge is 0.302 e. The van der Waals surface area contributed by atoms with Gasteiger partial charge in [-0.25, -0.2) is 9.97 Å². The van der Waals surface area contributed by atoms with E-state index in [1.165, 1.54) is 6.92 Å². The van der Waals surface area contributed by atoms with Crippen LogP contribution in [-0.4, -0.2) is 90.6 Å². The minimum atomic E-state index is -0.202. The number of esters is 1. The fourth-order valence-corrected chi connectivity index (χ4v) is 7.10. The molecular formula is C36H44Cl2N6O4. The lowest BCUT2D eigenvalue weighted by molar-refractivity contribution is -0.143. The SMILES string of the molecule is CC(=O)NCC1CCN(Cc2cc(Oc3ccc(N4CCN(CC5(COC(C)=O)CC5)CC4)nc3)nc(-c3cc(Cl)cc(Cl)c3)c2)CC1. The second-order valence-electron chi connectivity index (χ2n) is 13.5. The van der Waals surface area contributed by atoms with Crippen LogP contribution >= 0.6 is 23.2 Å². The minimum Gasteiger partial charge on any atom is -0.465 e. The molecule has 12 heteroatoms. The average Bonchev–Trinajstić information content (AvgIpc) is 3.83. The third kappa shape index (κ3) is 9.59. The standard InChI is InChI=1S/C36H44Cl2N6O4/c1-25(45)39-20-27-5-9-42(10-6-27)22-28-15-33(29-17-30(37)19-31(38)18-29)41-35(16-28)48-32-3-4-34(40-21-32)44-13-11-43(12-14-44)23-36(7-8-36)24-47-26(2)46/h3-4,15-19,21,27H,5-14,20,22-24H2,1-2H3,(H,39,45). The van der Waals surface area contributed by atoms with Crippen LogP contribution in [0.4, 0.5) is 5.82 Å². The quantitative estimate of drug-likeness (QED) is 0.227. The molecule has 1 aromatic carbocycles. The number of nitrogens with zero attached hydrogens (tertiary/aromatic N) is 5. The lowest BCUT2D eigenvalue weighted by Gasteiger charge is -2.37. The molecule has 3 aliphatic rings. The molecule has 6 rings (SSSR count). The summed E-state index contributed by atoms with van der Waals surface area (Å²) >= 11 is 12.7. The van der Waals surface area contributed by atoms with E-state index in [1.807, 2.05) is 30.3 Å². The fourth-order valence-electron chi connectivity index (χ4n) is 6.58. The summed E-state index contributed by atoms with van der Waals surface area (Å²) < 4.78 is 11.6. The van der Waals surface area contributed by atoms with Crippen LogP contribution in [0.5, 0.6) is 11.6 Å². The van der Waals surface area contributed by atoms with E-state index in [2.05, 4.69) is 26.1 Å². The number of piperazine rings is 1. The number of hydrogen-bond acceptors (Lipinski definition) is 9. The first-order chi connectivity index (χ1) is 23.1. The summed E-state index contributed by atoms with van der Waals surface area (Å²) in [6, 6.07) is 13.4. The monoisotopic (exact) mass is 694 g/mol. The Morgan fingerprint density at radius 1 is 0.938 bits per heavy atom. The van der Waals surface area contributed by atoms with Gasteiger partial charge in [0.2, 0.25) is 11.8 Å². The fraction of sp³-hybridized carbons (Fsp3) is 0.500. The van der Waals surface area contributed by atoms with Gasteiger partial charge in [-0.1, -0.05) is 23.2 Å². The predicted molar refractivity (Wildman–Crippen MR) is 188 cm³/mol. The summed E-state index contributed by atoms with van der Waals surface area (Å²) in [5.74, 6) is 2.32. The molecule has 2 aliphatic heterocycles. The van der Waals surface area contributed by atoms with Crippen LogP contribution in [0.2, 0.25) is 10.0 Å². The van der Waals surface area contributed by atoms with Gasteiger partial charge in [0.05, 0.1) is 18.5 Å². The van der Waals surface area contributed by atoms with Crippen LogP contribution in [-0.2, 0) is 20.9 Å². The first-order valence-corrected chi connectivity index (χ1v) is 17.6. The largest absolute Gasteiger partial charge is 0.465 e. The molecule has 0 unspecified atom stereocenters. The van der Waals surface area contributed by atoms with Gasteiger partial charge in [0.1, 0.15) is 11.6 Å². The molecule has 0 bridgehead atoms. The predicted octanol–water partition coefficient (Wildman–Crippen LogP) is 6.06. The van der Waals surface area contributed by atoms with Crippen molar-refractivity contribution in [2.45, 2.75) is 46.1 Å². The molecule has 1 amide bonds. The van der Waals surface area contributed by atoms with Gasteiger partial charge in [0, 0.05) is 86.8 Å². The van der Waals surface area contributed by atoms with Crippen molar-refractivity contribution in [2.24, 2.45) is 11.3 Å². The Bertz CT molecular complexity index is 1570. The molecule has 1 aliphatic carbocycles. The summed E-state index contributed by atoms with van der Waals surface area (Å²) in [5, 5.41) is 4.05. The maximum absolute atomic E-state index is 11.3. The molecule has 0 atom stereocenters. The van der Waals surface area contributed by atoms with Gasteiger partial charge in [-0.3, -0.25) is 19.4 Å². The highest BCUT2D eigenvalue weighted by atomic mass is 35.5. The van der Waals surface area contributed by atoms with Crippen LogP contribution in [0.15, 0.2) is 48.7 Å². The summed E-state index contributed by atoms with van der Waals surface area (Å²) in [5.41, 5.74) is 2.77. The number of likely N-dealkylation sites (tertiary alicyclic amines) is 1. The summed E-state index contributed by atoms with van der Waals surface area (Å²) in [6.45, 7) is 11.6. The number of aromatic nitrogens is 2. The molecule has 2 aromatic heterocycles. The number of amides is 1. The third-order valence-corrected chi connectivity index (χ3v) is 9.95. The van der Waals surface area contributed by atoms with Gasteiger partial charge >= 0.3 is 5.97 Å². The first kappa shape index (κ1) is 34.4. The van der Waals surface area contributed by atoms with Crippen molar-refractivity contribution >= 4 is 40.9 Å². The molecule has 10 nitrogen and oxygen atoms in total. The number of rotatable bonds is 12. The number of nitrogens with one attached hydrogen (secondary N) is 1. The lowest BCUT2D eigenvalue weighted by Crippen LogP contribution is -2.48. The zero-order chi connectivity index (χ0) is 33.7. The number of hydrogen-bond donors (Lipinski definition) is 1. The van der Waals surface area contributed by atoms with E-state index in [-0.39, 0.29) is 17.3 Å². The van der Waals surface area contributed by atoms with Gasteiger partial charge in [-0.05, 0) is 86.7 Å². The van der Waals surface area contributed by atoms with Crippen molar-refractivity contribution in [3.05, 3.63) is 64.3 Å². The van der Waals surface area contributed by atoms with Crippen molar-refractivity contribution in [3.63, 3.8) is 0 Å². The van der Waals surface area contributed by atoms with Crippen LogP contribution in [0.1, 0.15) is 45.1 Å². The Morgan fingerprint density at radius 2 is 1.67 bits per heavy atom. The Hall–Kier alpha value is -3.44. The topological polar surface area (TPSA) is 100 Å². The van der Waals surface area contributed by atoms with Gasteiger partial charge in [0.15, 0.2) is 0 Å². The molecule has 0 radical (unpaired) electrons. The first-order valence-electron chi connectivity index (χ1n) is 16.8. The van der Waals surface area contributed by atoms with Crippen LogP contribution in [0, 0.1) is 11.3 Å². The van der Waals surface area contributed by atoms with E-state index in [9.17, 15) is 9.59 Å². The third-order valence-electron chi connectivity index (χ3n) is 9.51. The highest BCUT2D eigenvalue weighted by Gasteiger charge is 2.45. The normalized spacial score (nSPS) is 18.4. The van der Waals surface area contributed by atoms with Gasteiger partial charge in [-0.2, -0.15) is 0 Å². The van der Waals surface area contributed by atoms with Crippen molar-refractivity contribution in [2.75, 3.05) is 63.9 Å². The maximum Gasteiger partial charge on any atom is 0.302 e. The van der Waals surface area contributed by atoms with Crippen LogP contribution in [0.25, 0.3) is 11.3 Å². The molecule has 1 saturated carbocycles. The molecule has 48 heavy (non-hydrogen) atoms. The highest BCUT2D eigenvalue weighted by Crippen LogP contribution is 2.46. The molecule has 1 N–H and O–H groups in total. The number of ether oxygens (including phenoxy) is 2. The maximum atomic E-state index is 11.3. The Kier molecular flexibility index (Phi) is 11.1. The van der Waals surface area contributed by atoms with Crippen molar-refractivity contribution in [3.8, 4) is 22.9 Å². The van der Waals surface area contributed by atoms with Gasteiger partial charge in [0.25, 0.3) is 0 Å². The number of benzene rings is 1. The molecule has 2 saturated heterocycles. The van der Waals surface area contributed by atoms with Crippen LogP contribution < -0.4 is 15.0 Å². The number of pyridine rings is 2. The van der Waals surface area contributed by atoms with Crippen LogP contribution in [0.3, 0.4) is 0 Å². The summed E-state index contributed by atoms with van der Waals surface area (Å²) in [7, 11) is 0. The number of anilines is 1. The van der Waals surface area contributed by atoms with E-state index in [0.29, 0.717) is 34.2 Å². The van der Waals surface area contributed by atoms with Crippen molar-refractivity contribution in [1.29, 1.82) is 0 Å². The zero-order valence-corrected chi connectivity index (χ0v) is 29.2. The summed E-state index contributed by atoms with van der Waals surface area (Å²) in [4.78, 5) is 39.4. The molecular weight excluding hydrogens is 651 g/mol. The van der Waals surface area contributed by atoms with E-state index < -0.39 is 0 Å². The second-order valence-corrected chi connectivity index (χ2v) is 14.4. The Labute approximate surface area is 292 Å². The van der Waals surface area contributed by atoms with E-state index in [0.717, 1.165) is 107 Å². The summed E-state index contributed by atoms with van der Waals surface area (Å²) in [6.07, 6.45) is 6.07. The minimum absolute atomic E-state index is 0.0234. The van der Waals surface area contributed by atoms with E-state index in [4.69, 9.17) is 42.6 Å². The molecule has 0 spiro atoms. The van der Waals surface area contributed by atoms with Crippen molar-refractivity contribution in [1.82, 2.24) is 25.1 Å². The van der Waals surface area contributed by atoms with E-state index >= 15 is 0 Å². The number of halogens is 2. The molecule has 256 valence electrons. The Balaban J connectivity index is 1.09. The second kappa shape index (κ2) is 15.4. The number of piperidine rings is 1. The van der Waals surface area contributed by atoms with Crippen molar-refractivity contribution < 1.29 is 19.1 Å². The van der Waals surface area contributed by atoms with E-state index in [1.54, 1.807) is 19.2 Å². The number of carbonyl (C=O) groups excluding carboxylic acids is 2. The molecule has 3 aromatic rings. The van der Waals surface area contributed by atoms with Gasteiger partial charge in [-0.15, -0.1) is 0 Å². The number of carbonyl (C=O) groups is 2. The Morgan fingerprint density at radius 3 is 2.29 bits per heavy atom. The van der Waals surface area contributed by atoms with Gasteiger partial charge < -0.3 is 19.7 Å². The molecule has 3 fully saturated rings. The average molecular weight is 696 g/mol. The lowest BCUT2D eigenvalue weighted by atomic mass is 9.96.